The second-order valence-electron chi connectivity index (χ2n) is 5.92. The van der Waals surface area contributed by atoms with Gasteiger partial charge in [0.15, 0.2) is 6.10 Å². The van der Waals surface area contributed by atoms with E-state index in [-0.39, 0.29) is 11.5 Å². The highest BCUT2D eigenvalue weighted by Crippen LogP contribution is 2.23. The fourth-order valence-corrected chi connectivity index (χ4v) is 2.75. The van der Waals surface area contributed by atoms with Crippen molar-refractivity contribution in [2.24, 2.45) is 5.73 Å². The van der Waals surface area contributed by atoms with Crippen LogP contribution in [0.1, 0.15) is 23.7 Å². The van der Waals surface area contributed by atoms with Gasteiger partial charge in [-0.2, -0.15) is 0 Å². The summed E-state index contributed by atoms with van der Waals surface area (Å²) in [5, 5.41) is 4.88. The summed E-state index contributed by atoms with van der Waals surface area (Å²) in [6.07, 6.45) is -0.200. The molecule has 0 radical (unpaired) electrons. The molecular weight excluding hydrogens is 328 g/mol. The van der Waals surface area contributed by atoms with Gasteiger partial charge in [-0.25, -0.2) is 0 Å². The van der Waals surface area contributed by atoms with E-state index >= 15 is 0 Å². The molecular formula is C21H20N2O3. The standard InChI is InChI=1S/C21H20N2O3/c1-2-19(21(25)23-18-10-6-5-9-17(18)20(22)24)26-16-12-11-14-7-3-4-8-15(14)13-16/h3-13,19H,2H2,1H3,(H2,22,24)(H,23,25)/t19-/m0/s1. The van der Waals surface area contributed by atoms with Crippen molar-refractivity contribution in [3.05, 3.63) is 72.3 Å². The number of benzene rings is 3. The Kier molecular flexibility index (Phi) is 5.17. The fourth-order valence-electron chi connectivity index (χ4n) is 2.75. The number of anilines is 1. The van der Waals surface area contributed by atoms with E-state index in [1.807, 2.05) is 49.4 Å². The third-order valence-electron chi connectivity index (χ3n) is 4.11. The smallest absolute Gasteiger partial charge is 0.265 e. The van der Waals surface area contributed by atoms with Crippen LogP contribution in [0.4, 0.5) is 5.69 Å². The maximum absolute atomic E-state index is 12.6. The number of amides is 2. The normalized spacial score (nSPS) is 11.7. The number of hydrogen-bond donors (Lipinski definition) is 2. The van der Waals surface area contributed by atoms with Gasteiger partial charge < -0.3 is 15.8 Å². The quantitative estimate of drug-likeness (QED) is 0.712. The SMILES string of the molecule is CC[C@H](Oc1ccc2ccccc2c1)C(=O)Nc1ccccc1C(N)=O. The van der Waals surface area contributed by atoms with Gasteiger partial charge in [-0.15, -0.1) is 0 Å². The highest BCUT2D eigenvalue weighted by molar-refractivity contribution is 6.04. The summed E-state index contributed by atoms with van der Waals surface area (Å²) in [4.78, 5) is 24.1. The molecule has 0 aliphatic carbocycles. The number of carbonyl (C=O) groups excluding carboxylic acids is 2. The zero-order chi connectivity index (χ0) is 18.5. The molecule has 0 fully saturated rings. The average Bonchev–Trinajstić information content (AvgIpc) is 2.66. The topological polar surface area (TPSA) is 81.4 Å². The van der Waals surface area contributed by atoms with Crippen LogP contribution in [-0.4, -0.2) is 17.9 Å². The van der Waals surface area contributed by atoms with Gasteiger partial charge in [-0.1, -0.05) is 49.4 Å². The first-order valence-corrected chi connectivity index (χ1v) is 8.43. The van der Waals surface area contributed by atoms with Gasteiger partial charge in [0.25, 0.3) is 11.8 Å². The Morgan fingerprint density at radius 1 is 1.00 bits per heavy atom. The van der Waals surface area contributed by atoms with Crippen molar-refractivity contribution in [2.45, 2.75) is 19.4 Å². The fraction of sp³-hybridized carbons (Fsp3) is 0.143. The van der Waals surface area contributed by atoms with Crippen LogP contribution in [0, 0.1) is 0 Å². The molecule has 5 nitrogen and oxygen atoms in total. The van der Waals surface area contributed by atoms with Crippen LogP contribution >= 0.6 is 0 Å². The Hall–Kier alpha value is -3.34. The molecule has 0 aliphatic heterocycles. The molecule has 0 unspecified atom stereocenters. The summed E-state index contributed by atoms with van der Waals surface area (Å²) in [6.45, 7) is 1.87. The second-order valence-corrected chi connectivity index (χ2v) is 5.92. The third-order valence-corrected chi connectivity index (χ3v) is 4.11. The highest BCUT2D eigenvalue weighted by atomic mass is 16.5. The molecule has 132 valence electrons. The number of nitrogens with two attached hydrogens (primary N) is 1. The number of para-hydroxylation sites is 1. The molecule has 3 rings (SSSR count). The van der Waals surface area contributed by atoms with Crippen LogP contribution < -0.4 is 15.8 Å². The van der Waals surface area contributed by atoms with Crippen molar-refractivity contribution in [3.63, 3.8) is 0 Å². The summed E-state index contributed by atoms with van der Waals surface area (Å²) in [6, 6.07) is 20.3. The summed E-state index contributed by atoms with van der Waals surface area (Å²) in [5.74, 6) is -0.298. The molecule has 0 bridgehead atoms. The van der Waals surface area contributed by atoms with E-state index < -0.39 is 12.0 Å². The lowest BCUT2D eigenvalue weighted by atomic mass is 10.1. The van der Waals surface area contributed by atoms with Crippen LogP contribution in [0.15, 0.2) is 66.7 Å². The molecule has 26 heavy (non-hydrogen) atoms. The summed E-state index contributed by atoms with van der Waals surface area (Å²) in [5.41, 5.74) is 6.00. The molecule has 2 amide bonds. The predicted octanol–water partition coefficient (Wildman–Crippen LogP) is 3.73. The van der Waals surface area contributed by atoms with Gasteiger partial charge in [0, 0.05) is 0 Å². The lowest BCUT2D eigenvalue weighted by Gasteiger charge is -2.18. The molecule has 0 spiro atoms. The summed E-state index contributed by atoms with van der Waals surface area (Å²) >= 11 is 0. The molecule has 3 aromatic carbocycles. The van der Waals surface area contributed by atoms with E-state index in [2.05, 4.69) is 5.32 Å². The van der Waals surface area contributed by atoms with Gasteiger partial charge >= 0.3 is 0 Å². The van der Waals surface area contributed by atoms with E-state index in [4.69, 9.17) is 10.5 Å². The van der Waals surface area contributed by atoms with Gasteiger partial charge in [0.1, 0.15) is 5.75 Å². The Labute approximate surface area is 151 Å². The first kappa shape index (κ1) is 17.5. The minimum absolute atomic E-state index is 0.265. The largest absolute Gasteiger partial charge is 0.481 e. The lowest BCUT2D eigenvalue weighted by Crippen LogP contribution is -2.33. The second kappa shape index (κ2) is 7.70. The lowest BCUT2D eigenvalue weighted by molar-refractivity contribution is -0.122. The Bertz CT molecular complexity index is 953. The number of hydrogen-bond acceptors (Lipinski definition) is 3. The van der Waals surface area contributed by atoms with Crippen LogP contribution in [0.25, 0.3) is 10.8 Å². The molecule has 0 aliphatic rings. The maximum atomic E-state index is 12.6. The van der Waals surface area contributed by atoms with E-state index in [0.29, 0.717) is 17.9 Å². The van der Waals surface area contributed by atoms with Crippen LogP contribution in [0.2, 0.25) is 0 Å². The van der Waals surface area contributed by atoms with Gasteiger partial charge in [0.2, 0.25) is 0 Å². The monoisotopic (exact) mass is 348 g/mol. The zero-order valence-electron chi connectivity index (χ0n) is 14.4. The molecule has 3 N–H and O–H groups in total. The van der Waals surface area contributed by atoms with Crippen molar-refractivity contribution >= 4 is 28.3 Å². The van der Waals surface area contributed by atoms with Crippen LogP contribution in [0.5, 0.6) is 5.75 Å². The number of rotatable bonds is 6. The van der Waals surface area contributed by atoms with E-state index in [1.165, 1.54) is 0 Å². The molecule has 5 heteroatoms. The van der Waals surface area contributed by atoms with E-state index in [9.17, 15) is 9.59 Å². The van der Waals surface area contributed by atoms with E-state index in [1.54, 1.807) is 24.3 Å². The predicted molar refractivity (Wildman–Crippen MR) is 102 cm³/mol. The maximum Gasteiger partial charge on any atom is 0.265 e. The van der Waals surface area contributed by atoms with Crippen molar-refractivity contribution in [1.29, 1.82) is 0 Å². The van der Waals surface area contributed by atoms with Crippen molar-refractivity contribution in [3.8, 4) is 5.75 Å². The number of ether oxygens (including phenoxy) is 1. The summed E-state index contributed by atoms with van der Waals surface area (Å²) < 4.78 is 5.88. The third kappa shape index (κ3) is 3.83. The van der Waals surface area contributed by atoms with Gasteiger partial charge in [-0.05, 0) is 41.5 Å². The summed E-state index contributed by atoms with van der Waals surface area (Å²) in [7, 11) is 0. The minimum atomic E-state index is -0.683. The Balaban J connectivity index is 1.77. The molecule has 0 saturated carbocycles. The minimum Gasteiger partial charge on any atom is -0.481 e. The van der Waals surface area contributed by atoms with E-state index in [0.717, 1.165) is 10.8 Å². The van der Waals surface area contributed by atoms with Gasteiger partial charge in [0.05, 0.1) is 11.3 Å². The average molecular weight is 348 g/mol. The first-order valence-electron chi connectivity index (χ1n) is 8.43. The number of primary amides is 1. The van der Waals surface area contributed by atoms with Crippen LogP contribution in [-0.2, 0) is 4.79 Å². The molecule has 0 heterocycles. The van der Waals surface area contributed by atoms with Crippen molar-refractivity contribution < 1.29 is 14.3 Å². The number of nitrogens with one attached hydrogen (secondary N) is 1. The van der Waals surface area contributed by atoms with Crippen molar-refractivity contribution in [1.82, 2.24) is 0 Å². The Morgan fingerprint density at radius 2 is 1.69 bits per heavy atom. The first-order chi connectivity index (χ1) is 12.6. The number of carbonyl (C=O) groups is 2. The molecule has 0 saturated heterocycles. The highest BCUT2D eigenvalue weighted by Gasteiger charge is 2.20. The molecule has 0 aromatic heterocycles. The molecule has 3 aromatic rings. The zero-order valence-corrected chi connectivity index (χ0v) is 14.4. The van der Waals surface area contributed by atoms with Gasteiger partial charge in [-0.3, -0.25) is 9.59 Å². The Morgan fingerprint density at radius 3 is 2.42 bits per heavy atom. The number of fused-ring (bicyclic) bond motifs is 1. The van der Waals surface area contributed by atoms with Crippen LogP contribution in [0.3, 0.4) is 0 Å². The van der Waals surface area contributed by atoms with Crippen molar-refractivity contribution in [2.75, 3.05) is 5.32 Å². The molecule has 1 atom stereocenters.